The van der Waals surface area contributed by atoms with Crippen LogP contribution >= 0.6 is 0 Å². The molecule has 3 aliphatic rings. The number of rotatable bonds is 13. The summed E-state index contributed by atoms with van der Waals surface area (Å²) in [4.78, 5) is 47.2. The van der Waals surface area contributed by atoms with Crippen LogP contribution in [0.25, 0.3) is 0 Å². The van der Waals surface area contributed by atoms with Crippen LogP contribution < -0.4 is 14.4 Å². The van der Waals surface area contributed by atoms with Gasteiger partial charge in [0, 0.05) is 63.0 Å². The first-order chi connectivity index (χ1) is 21.4. The summed E-state index contributed by atoms with van der Waals surface area (Å²) in [6, 6.07) is 13.3. The molecule has 2 aromatic carbocycles. The number of carbonyl (C=O) groups excluding carboxylic acids is 2. The number of hydrogen-bond acceptors (Lipinski definition) is 6. The maximum absolute atomic E-state index is 14.2. The number of amides is 3. The molecule has 0 spiro atoms. The topological polar surface area (TPSA) is 103 Å². The Morgan fingerprint density at radius 1 is 1.07 bits per heavy atom. The van der Waals surface area contributed by atoms with E-state index in [1.165, 1.54) is 0 Å². The standard InChI is InChI=1S/C34H47N5O6/c1-6-7-14-38(26-10-8-9-24(18-26)22-39(3,4)5)31(40)21-37-20-27(25-11-12-29-30(19-25)45-23-44-29)32(33(41)42)28(37)13-15-36-17-16-35(2)34(36)43/h8-12,18-19,27-28,32H,6-7,13-17,20-23H2,1-5H3/p+1. The summed E-state index contributed by atoms with van der Waals surface area (Å²) in [6.07, 6.45) is 2.26. The molecule has 0 radical (unpaired) electrons. The molecule has 2 aromatic rings. The molecule has 3 amide bonds. The van der Waals surface area contributed by atoms with E-state index in [4.69, 9.17) is 9.47 Å². The Morgan fingerprint density at radius 2 is 1.84 bits per heavy atom. The second-order valence-corrected chi connectivity index (χ2v) is 13.6. The molecule has 11 heteroatoms. The lowest BCUT2D eigenvalue weighted by Crippen LogP contribution is -2.46. The summed E-state index contributed by atoms with van der Waals surface area (Å²) >= 11 is 0. The number of aliphatic carboxylic acids is 1. The molecular formula is C34H48N5O6+. The molecular weight excluding hydrogens is 574 g/mol. The third-order valence-corrected chi connectivity index (χ3v) is 9.11. The van der Waals surface area contributed by atoms with Crippen molar-refractivity contribution in [3.8, 4) is 11.5 Å². The average Bonchev–Trinajstić information content (AvgIpc) is 3.68. The Labute approximate surface area is 266 Å². The van der Waals surface area contributed by atoms with E-state index in [-0.39, 0.29) is 31.2 Å². The minimum Gasteiger partial charge on any atom is -0.481 e. The lowest BCUT2D eigenvalue weighted by molar-refractivity contribution is -0.884. The lowest BCUT2D eigenvalue weighted by atomic mass is 9.84. The van der Waals surface area contributed by atoms with Crippen LogP contribution in [0.4, 0.5) is 10.5 Å². The molecule has 3 unspecified atom stereocenters. The molecule has 3 atom stereocenters. The van der Waals surface area contributed by atoms with E-state index in [9.17, 15) is 19.5 Å². The van der Waals surface area contributed by atoms with Gasteiger partial charge in [-0.1, -0.05) is 31.5 Å². The van der Waals surface area contributed by atoms with Gasteiger partial charge in [0.15, 0.2) is 11.5 Å². The molecule has 0 saturated carbocycles. The number of nitrogens with zero attached hydrogens (tertiary/aromatic N) is 5. The first-order valence-electron chi connectivity index (χ1n) is 16.0. The van der Waals surface area contributed by atoms with Crippen molar-refractivity contribution in [3.63, 3.8) is 0 Å². The average molecular weight is 623 g/mol. The number of carbonyl (C=O) groups is 3. The van der Waals surface area contributed by atoms with Gasteiger partial charge in [-0.15, -0.1) is 0 Å². The summed E-state index contributed by atoms with van der Waals surface area (Å²) in [6.45, 7) is 5.85. The van der Waals surface area contributed by atoms with Crippen LogP contribution in [-0.4, -0.2) is 122 Å². The first-order valence-corrected chi connectivity index (χ1v) is 16.0. The number of unbranched alkanes of at least 4 members (excludes halogenated alkanes) is 1. The lowest BCUT2D eigenvalue weighted by Gasteiger charge is -2.31. The fourth-order valence-electron chi connectivity index (χ4n) is 6.88. The smallest absolute Gasteiger partial charge is 0.319 e. The molecule has 0 aliphatic carbocycles. The minimum absolute atomic E-state index is 0.0469. The molecule has 2 fully saturated rings. The van der Waals surface area contributed by atoms with Crippen molar-refractivity contribution in [1.29, 1.82) is 0 Å². The summed E-state index contributed by atoms with van der Waals surface area (Å²) in [5.41, 5.74) is 2.87. The largest absolute Gasteiger partial charge is 0.481 e. The number of benzene rings is 2. The summed E-state index contributed by atoms with van der Waals surface area (Å²) in [5.74, 6) is -0.827. The number of carboxylic acids is 1. The number of carboxylic acid groups (broad SMARTS) is 1. The molecule has 11 nitrogen and oxygen atoms in total. The molecule has 3 aliphatic heterocycles. The maximum atomic E-state index is 14.2. The second-order valence-electron chi connectivity index (χ2n) is 13.6. The predicted molar refractivity (Wildman–Crippen MR) is 171 cm³/mol. The van der Waals surface area contributed by atoms with Crippen LogP contribution in [0.2, 0.25) is 0 Å². The number of likely N-dealkylation sites (N-methyl/N-ethyl adjacent to an activating group) is 1. The van der Waals surface area contributed by atoms with E-state index < -0.39 is 17.9 Å². The molecule has 0 aromatic heterocycles. The highest BCUT2D eigenvalue weighted by molar-refractivity contribution is 5.95. The van der Waals surface area contributed by atoms with Crippen molar-refractivity contribution in [3.05, 3.63) is 53.6 Å². The van der Waals surface area contributed by atoms with Gasteiger partial charge in [-0.05, 0) is 42.7 Å². The zero-order valence-corrected chi connectivity index (χ0v) is 27.3. The second kappa shape index (κ2) is 13.7. The molecule has 244 valence electrons. The van der Waals surface area contributed by atoms with E-state index in [0.29, 0.717) is 50.6 Å². The van der Waals surface area contributed by atoms with Gasteiger partial charge >= 0.3 is 12.0 Å². The Bertz CT molecular complexity index is 1390. The van der Waals surface area contributed by atoms with Crippen molar-refractivity contribution in [2.45, 2.75) is 44.7 Å². The van der Waals surface area contributed by atoms with Crippen molar-refractivity contribution < 1.29 is 33.4 Å². The highest BCUT2D eigenvalue weighted by Gasteiger charge is 2.47. The van der Waals surface area contributed by atoms with Gasteiger partial charge in [0.1, 0.15) is 6.54 Å². The molecule has 3 heterocycles. The number of ether oxygens (including phenoxy) is 2. The van der Waals surface area contributed by atoms with E-state index >= 15 is 0 Å². The number of fused-ring (bicyclic) bond motifs is 1. The van der Waals surface area contributed by atoms with Crippen LogP contribution in [0.5, 0.6) is 11.5 Å². The molecule has 45 heavy (non-hydrogen) atoms. The van der Waals surface area contributed by atoms with Gasteiger partial charge in [0.25, 0.3) is 0 Å². The van der Waals surface area contributed by atoms with Crippen LogP contribution in [-0.2, 0) is 16.1 Å². The molecule has 1 N–H and O–H groups in total. The Hall–Kier alpha value is -3.83. The van der Waals surface area contributed by atoms with Crippen LogP contribution in [0.1, 0.15) is 43.2 Å². The third kappa shape index (κ3) is 7.53. The van der Waals surface area contributed by atoms with Crippen LogP contribution in [0.3, 0.4) is 0 Å². The van der Waals surface area contributed by atoms with Crippen molar-refractivity contribution in [2.24, 2.45) is 5.92 Å². The molecule has 0 bridgehead atoms. The van der Waals surface area contributed by atoms with Crippen molar-refractivity contribution >= 4 is 23.6 Å². The van der Waals surface area contributed by atoms with Gasteiger partial charge in [-0.2, -0.15) is 0 Å². The number of hydrogen-bond donors (Lipinski definition) is 1. The highest BCUT2D eigenvalue weighted by atomic mass is 16.7. The summed E-state index contributed by atoms with van der Waals surface area (Å²) in [5, 5.41) is 10.6. The zero-order valence-electron chi connectivity index (χ0n) is 27.3. The van der Waals surface area contributed by atoms with Gasteiger partial charge in [0.2, 0.25) is 12.7 Å². The summed E-state index contributed by atoms with van der Waals surface area (Å²) < 4.78 is 11.9. The van der Waals surface area contributed by atoms with Gasteiger partial charge in [-0.3, -0.25) is 14.5 Å². The highest BCUT2D eigenvalue weighted by Crippen LogP contribution is 2.43. The fourth-order valence-corrected chi connectivity index (χ4v) is 6.88. The number of quaternary nitrogens is 1. The first kappa shape index (κ1) is 32.6. The monoisotopic (exact) mass is 622 g/mol. The van der Waals surface area contributed by atoms with E-state index in [1.807, 2.05) is 40.1 Å². The SMILES string of the molecule is CCCCN(C(=O)CN1CC(c2ccc3c(c2)OCO3)C(C(=O)O)C1CCN1CCN(C)C1=O)c1cccc(C[N+](C)(C)C)c1. The Morgan fingerprint density at radius 3 is 2.53 bits per heavy atom. The fraction of sp³-hybridized carbons (Fsp3) is 0.559. The maximum Gasteiger partial charge on any atom is 0.319 e. The quantitative estimate of drug-likeness (QED) is 0.340. The Balaban J connectivity index is 1.43. The van der Waals surface area contributed by atoms with Crippen LogP contribution in [0.15, 0.2) is 42.5 Å². The van der Waals surface area contributed by atoms with Crippen molar-refractivity contribution in [1.82, 2.24) is 14.7 Å². The van der Waals surface area contributed by atoms with Crippen molar-refractivity contribution in [2.75, 3.05) is 79.2 Å². The zero-order chi connectivity index (χ0) is 32.3. The third-order valence-electron chi connectivity index (χ3n) is 9.11. The van der Waals surface area contributed by atoms with E-state index in [0.717, 1.165) is 40.7 Å². The van der Waals surface area contributed by atoms with Crippen LogP contribution in [0, 0.1) is 5.92 Å². The number of anilines is 1. The number of likely N-dealkylation sites (tertiary alicyclic amines) is 1. The Kier molecular flexibility index (Phi) is 9.88. The van der Waals surface area contributed by atoms with E-state index in [2.05, 4.69) is 40.2 Å². The van der Waals surface area contributed by atoms with E-state index in [1.54, 1.807) is 16.8 Å². The predicted octanol–water partition coefficient (Wildman–Crippen LogP) is 3.68. The van der Waals surface area contributed by atoms with Gasteiger partial charge < -0.3 is 33.8 Å². The molecule has 5 rings (SSSR count). The minimum atomic E-state index is -0.904. The molecule has 2 saturated heterocycles. The van der Waals surface area contributed by atoms with Gasteiger partial charge in [0.05, 0.1) is 33.6 Å². The number of urea groups is 1. The van der Waals surface area contributed by atoms with Gasteiger partial charge in [-0.25, -0.2) is 4.79 Å². The normalized spacial score (nSPS) is 21.5. The summed E-state index contributed by atoms with van der Waals surface area (Å²) in [7, 11) is 8.20.